The maximum atomic E-state index is 11.5. The summed E-state index contributed by atoms with van der Waals surface area (Å²) in [5.41, 5.74) is 4.88. The highest BCUT2D eigenvalue weighted by Gasteiger charge is 2.23. The van der Waals surface area contributed by atoms with E-state index >= 15 is 0 Å². The van der Waals surface area contributed by atoms with Crippen LogP contribution in [-0.2, 0) is 14.4 Å². The second-order valence-electron chi connectivity index (χ2n) is 3.54. The Balaban J connectivity index is 4.40. The minimum atomic E-state index is -1.30. The van der Waals surface area contributed by atoms with Crippen molar-refractivity contribution in [1.29, 1.82) is 0 Å². The highest BCUT2D eigenvalue weighted by atomic mass is 35.5. The number of hydrogen-bond acceptors (Lipinski definition) is 4. The van der Waals surface area contributed by atoms with Gasteiger partial charge in [-0.05, 0) is 24.9 Å². The van der Waals surface area contributed by atoms with E-state index in [1.165, 1.54) is 6.92 Å². The number of primary amides is 1. The number of carbonyl (C=O) groups excluding carboxylic acids is 3. The predicted octanol–water partition coefficient (Wildman–Crippen LogP) is -0.842. The zero-order valence-electron chi connectivity index (χ0n) is 9.60. The molecule has 0 radical (unpaired) electrons. The van der Waals surface area contributed by atoms with Gasteiger partial charge in [-0.25, -0.2) is 4.79 Å². The molecule has 102 valence electrons. The van der Waals surface area contributed by atoms with E-state index in [1.54, 1.807) is 0 Å². The summed E-state index contributed by atoms with van der Waals surface area (Å²) in [5, 5.41) is 12.1. The van der Waals surface area contributed by atoms with Crippen LogP contribution in [0.5, 0.6) is 0 Å². The smallest absolute Gasteiger partial charge is 0.326 e. The third kappa shape index (κ3) is 6.69. The summed E-state index contributed by atoms with van der Waals surface area (Å²) in [4.78, 5) is 43.3. The van der Waals surface area contributed by atoms with Gasteiger partial charge in [0.1, 0.15) is 12.1 Å². The number of hydrogen-bond donors (Lipinski definition) is 4. The van der Waals surface area contributed by atoms with Gasteiger partial charge in [0.25, 0.3) is 0 Å². The van der Waals surface area contributed by atoms with Crippen LogP contribution < -0.4 is 16.4 Å². The first-order valence-corrected chi connectivity index (χ1v) is 5.39. The maximum Gasteiger partial charge on any atom is 0.326 e. The number of nitrogens with one attached hydrogen (secondary N) is 2. The van der Waals surface area contributed by atoms with Gasteiger partial charge in [0.15, 0.2) is 0 Å². The summed E-state index contributed by atoms with van der Waals surface area (Å²) in [6.45, 7) is 1.34. The molecule has 0 aromatic carbocycles. The van der Waals surface area contributed by atoms with E-state index in [0.29, 0.717) is 0 Å². The third-order valence-corrected chi connectivity index (χ3v) is 2.13. The van der Waals surface area contributed by atoms with E-state index in [-0.39, 0.29) is 12.8 Å². The molecule has 5 N–H and O–H groups in total. The first-order valence-electron chi connectivity index (χ1n) is 5.01. The summed E-state index contributed by atoms with van der Waals surface area (Å²) in [7, 11) is 0. The molecule has 0 bridgehead atoms. The van der Waals surface area contributed by atoms with Crippen LogP contribution in [-0.4, -0.2) is 40.3 Å². The Morgan fingerprint density at radius 1 is 1.28 bits per heavy atom. The van der Waals surface area contributed by atoms with Crippen LogP contribution >= 0.6 is 11.6 Å². The lowest BCUT2D eigenvalue weighted by Crippen LogP contribution is -2.49. The molecular weight excluding hydrogens is 266 g/mol. The summed E-state index contributed by atoms with van der Waals surface area (Å²) in [5.74, 6) is -2.69. The molecule has 18 heavy (non-hydrogen) atoms. The molecule has 0 fully saturated rings. The van der Waals surface area contributed by atoms with E-state index in [9.17, 15) is 19.2 Å². The first-order chi connectivity index (χ1) is 8.23. The Hall–Kier alpha value is -1.83. The lowest BCUT2D eigenvalue weighted by molar-refractivity contribution is -0.142. The van der Waals surface area contributed by atoms with Crippen molar-refractivity contribution in [3.8, 4) is 0 Å². The molecule has 8 nitrogen and oxygen atoms in total. The van der Waals surface area contributed by atoms with Crippen LogP contribution in [0.15, 0.2) is 0 Å². The van der Waals surface area contributed by atoms with Crippen LogP contribution in [0, 0.1) is 0 Å². The fourth-order valence-corrected chi connectivity index (χ4v) is 1.24. The SMILES string of the molecule is C[C@H](NC(=O)Cl)C(=O)N[C@H](CCC(N)=O)C(=O)O. The molecular formula is C9H14ClN3O5. The van der Waals surface area contributed by atoms with Gasteiger partial charge in [0.05, 0.1) is 0 Å². The molecule has 0 saturated carbocycles. The van der Waals surface area contributed by atoms with Crippen molar-refractivity contribution in [3.05, 3.63) is 0 Å². The van der Waals surface area contributed by atoms with E-state index in [0.717, 1.165) is 0 Å². The molecule has 0 rings (SSSR count). The number of carboxylic acid groups (broad SMARTS) is 1. The predicted molar refractivity (Wildman–Crippen MR) is 61.8 cm³/mol. The fourth-order valence-electron chi connectivity index (χ4n) is 1.08. The Kier molecular flexibility index (Phi) is 6.73. The van der Waals surface area contributed by atoms with E-state index in [4.69, 9.17) is 22.4 Å². The first kappa shape index (κ1) is 16.2. The van der Waals surface area contributed by atoms with Gasteiger partial charge in [0.2, 0.25) is 11.8 Å². The van der Waals surface area contributed by atoms with Crippen molar-refractivity contribution in [2.75, 3.05) is 0 Å². The second kappa shape index (κ2) is 7.49. The molecule has 3 amide bonds. The monoisotopic (exact) mass is 279 g/mol. The minimum Gasteiger partial charge on any atom is -0.480 e. The number of rotatable bonds is 7. The lowest BCUT2D eigenvalue weighted by Gasteiger charge is -2.17. The van der Waals surface area contributed by atoms with Crippen molar-refractivity contribution in [2.24, 2.45) is 5.73 Å². The van der Waals surface area contributed by atoms with Gasteiger partial charge < -0.3 is 21.5 Å². The van der Waals surface area contributed by atoms with Crippen LogP contribution in [0.25, 0.3) is 0 Å². The van der Waals surface area contributed by atoms with Gasteiger partial charge in [0, 0.05) is 6.42 Å². The molecule has 0 aliphatic carbocycles. The van der Waals surface area contributed by atoms with Crippen molar-refractivity contribution in [1.82, 2.24) is 10.6 Å². The molecule has 0 spiro atoms. The second-order valence-corrected chi connectivity index (χ2v) is 3.89. The van der Waals surface area contributed by atoms with Crippen LogP contribution in [0.4, 0.5) is 4.79 Å². The van der Waals surface area contributed by atoms with Gasteiger partial charge in [-0.1, -0.05) is 0 Å². The van der Waals surface area contributed by atoms with Crippen molar-refractivity contribution in [3.63, 3.8) is 0 Å². The van der Waals surface area contributed by atoms with Crippen molar-refractivity contribution in [2.45, 2.75) is 31.8 Å². The zero-order valence-corrected chi connectivity index (χ0v) is 10.4. The quantitative estimate of drug-likeness (QED) is 0.355. The Bertz CT molecular complexity index is 360. The van der Waals surface area contributed by atoms with Crippen molar-refractivity contribution >= 4 is 34.8 Å². The maximum absolute atomic E-state index is 11.5. The van der Waals surface area contributed by atoms with E-state index in [2.05, 4.69) is 10.6 Å². The number of aliphatic carboxylic acids is 1. The van der Waals surface area contributed by atoms with Gasteiger partial charge in [-0.3, -0.25) is 14.4 Å². The Morgan fingerprint density at radius 2 is 1.83 bits per heavy atom. The standard InChI is InChI=1S/C9H14ClN3O5/c1-4(12-9(10)18)7(15)13-5(8(16)17)2-3-6(11)14/h4-5H,2-3H2,1H3,(H2,11,14)(H,12,18)(H,13,15)(H,16,17)/t4-,5+/m0/s1. The number of amides is 3. The zero-order chi connectivity index (χ0) is 14.3. The molecule has 0 aliphatic heterocycles. The Labute approximate surface area is 108 Å². The topological polar surface area (TPSA) is 139 Å². The van der Waals surface area contributed by atoms with Crippen LogP contribution in [0.3, 0.4) is 0 Å². The van der Waals surface area contributed by atoms with Gasteiger partial charge in [-0.2, -0.15) is 0 Å². The number of nitrogens with two attached hydrogens (primary N) is 1. The summed E-state index contributed by atoms with van der Waals surface area (Å²) >= 11 is 5.01. The van der Waals surface area contributed by atoms with Crippen LogP contribution in [0.1, 0.15) is 19.8 Å². The van der Waals surface area contributed by atoms with Crippen molar-refractivity contribution < 1.29 is 24.3 Å². The fraction of sp³-hybridized carbons (Fsp3) is 0.556. The van der Waals surface area contributed by atoms with Crippen LogP contribution in [0.2, 0.25) is 0 Å². The molecule has 0 saturated heterocycles. The molecule has 0 aromatic rings. The molecule has 2 atom stereocenters. The highest BCUT2D eigenvalue weighted by Crippen LogP contribution is 1.98. The highest BCUT2D eigenvalue weighted by molar-refractivity contribution is 6.63. The normalized spacial score (nSPS) is 13.2. The summed E-state index contributed by atoms with van der Waals surface area (Å²) < 4.78 is 0. The Morgan fingerprint density at radius 3 is 2.22 bits per heavy atom. The molecule has 9 heteroatoms. The average Bonchev–Trinajstić information content (AvgIpc) is 2.21. The molecule has 0 aliphatic rings. The number of carboxylic acids is 1. The molecule has 0 aromatic heterocycles. The minimum absolute atomic E-state index is 0.127. The number of carbonyl (C=O) groups is 4. The van der Waals surface area contributed by atoms with Gasteiger partial charge >= 0.3 is 11.3 Å². The average molecular weight is 280 g/mol. The summed E-state index contributed by atoms with van der Waals surface area (Å²) in [6.07, 6.45) is -0.300. The summed E-state index contributed by atoms with van der Waals surface area (Å²) in [6, 6.07) is -2.23. The molecule has 0 heterocycles. The van der Waals surface area contributed by atoms with E-state index in [1.807, 2.05) is 0 Å². The number of halogens is 1. The third-order valence-electron chi connectivity index (χ3n) is 2.02. The lowest BCUT2D eigenvalue weighted by atomic mass is 10.1. The van der Waals surface area contributed by atoms with E-state index < -0.39 is 35.2 Å². The molecule has 0 unspecified atom stereocenters. The largest absolute Gasteiger partial charge is 0.480 e. The van der Waals surface area contributed by atoms with Gasteiger partial charge in [-0.15, -0.1) is 0 Å².